The van der Waals surface area contributed by atoms with Gasteiger partial charge in [0.25, 0.3) is 5.56 Å². The van der Waals surface area contributed by atoms with Crippen LogP contribution in [0.5, 0.6) is 0 Å². The van der Waals surface area contributed by atoms with Crippen LogP contribution in [0.3, 0.4) is 0 Å². The van der Waals surface area contributed by atoms with E-state index in [1.165, 1.54) is 70.6 Å². The molecule has 7 heteroatoms. The number of rotatable bonds is 15. The Balaban J connectivity index is 1.67. The summed E-state index contributed by atoms with van der Waals surface area (Å²) in [5.41, 5.74) is 0.406. The van der Waals surface area contributed by atoms with Gasteiger partial charge in [0, 0.05) is 11.9 Å². The van der Waals surface area contributed by atoms with Crippen molar-refractivity contribution in [2.24, 2.45) is 0 Å². The van der Waals surface area contributed by atoms with Gasteiger partial charge in [-0.1, -0.05) is 77.6 Å². The molecule has 0 aromatic carbocycles. The largest absolute Gasteiger partial charge is 0.369 e. The lowest BCUT2D eigenvalue weighted by Crippen LogP contribution is -2.15. The number of alkyl halides is 1. The minimum absolute atomic E-state index is 0.238. The van der Waals surface area contributed by atoms with Crippen molar-refractivity contribution in [1.29, 1.82) is 0 Å². The molecule has 5 nitrogen and oxygen atoms in total. The van der Waals surface area contributed by atoms with E-state index in [9.17, 15) is 4.79 Å². The fourth-order valence-corrected chi connectivity index (χ4v) is 4.22. The summed E-state index contributed by atoms with van der Waals surface area (Å²) in [7, 11) is 0. The maximum Gasteiger partial charge on any atom is 0.275 e. The highest BCUT2D eigenvalue weighted by atomic mass is 79.9. The number of H-pyrrole nitrogens is 1. The normalized spacial score (nSPS) is 11.3. The van der Waals surface area contributed by atoms with E-state index < -0.39 is 0 Å². The second kappa shape index (κ2) is 14.0. The first-order chi connectivity index (χ1) is 14.2. The molecule has 2 N–H and O–H groups in total. The molecule has 29 heavy (non-hydrogen) atoms. The van der Waals surface area contributed by atoms with E-state index in [1.807, 2.05) is 0 Å². The molecule has 2 aromatic rings. The quantitative estimate of drug-likeness (QED) is 0.163. The second-order valence-corrected chi connectivity index (χ2v) is 8.74. The lowest BCUT2D eigenvalue weighted by molar-refractivity contribution is 0.546. The van der Waals surface area contributed by atoms with Crippen molar-refractivity contribution in [2.45, 2.75) is 89.9 Å². The van der Waals surface area contributed by atoms with Crippen LogP contribution in [0.25, 0.3) is 10.8 Å². The Bertz CT molecular complexity index is 796. The third-order valence-corrected chi connectivity index (χ3v) is 5.93. The van der Waals surface area contributed by atoms with Crippen LogP contribution in [0.4, 0.5) is 5.82 Å². The molecule has 2 rings (SSSR count). The number of nitrogens with one attached hydrogen (secondary N) is 2. The summed E-state index contributed by atoms with van der Waals surface area (Å²) in [6.45, 7) is 3.06. The zero-order valence-electron chi connectivity index (χ0n) is 17.5. The van der Waals surface area contributed by atoms with E-state index in [2.05, 4.69) is 43.4 Å². The summed E-state index contributed by atoms with van der Waals surface area (Å²) in [4.78, 5) is 16.7. The second-order valence-electron chi connectivity index (χ2n) is 7.67. The average Bonchev–Trinajstić information content (AvgIpc) is 2.71. The van der Waals surface area contributed by atoms with Crippen molar-refractivity contribution in [1.82, 2.24) is 15.2 Å². The molecule has 0 radical (unpaired) electrons. The Hall–Kier alpha value is -1.14. The molecule has 0 aliphatic carbocycles. The predicted molar refractivity (Wildman–Crippen MR) is 127 cm³/mol. The lowest BCUT2D eigenvalue weighted by Gasteiger charge is -2.10. The van der Waals surface area contributed by atoms with Crippen LogP contribution >= 0.6 is 27.5 Å². The van der Waals surface area contributed by atoms with Gasteiger partial charge in [0.2, 0.25) is 0 Å². The zero-order chi connectivity index (χ0) is 20.9. The van der Waals surface area contributed by atoms with Gasteiger partial charge in [-0.3, -0.25) is 4.79 Å². The molecule has 0 saturated heterocycles. The molecule has 0 atom stereocenters. The van der Waals surface area contributed by atoms with Crippen LogP contribution < -0.4 is 10.9 Å². The highest BCUT2D eigenvalue weighted by Crippen LogP contribution is 2.24. The summed E-state index contributed by atoms with van der Waals surface area (Å²) < 4.78 is 0.668. The monoisotopic (exact) mass is 484 g/mol. The van der Waals surface area contributed by atoms with Crippen LogP contribution in [0, 0.1) is 0 Å². The number of fused-ring (bicyclic) bond motifs is 1. The maximum absolute atomic E-state index is 12.3. The Morgan fingerprint density at radius 2 is 1.59 bits per heavy atom. The SMILES string of the molecule is CCCCCCCCCCCCCCNc1nc(Br)cc2c(CCl)n[nH]c(=O)c12. The molecule has 0 spiro atoms. The van der Waals surface area contributed by atoms with Gasteiger partial charge < -0.3 is 5.32 Å². The molecule has 162 valence electrons. The van der Waals surface area contributed by atoms with Crippen LogP contribution in [-0.4, -0.2) is 21.7 Å². The molecular formula is C22H34BrClN4O. The summed E-state index contributed by atoms with van der Waals surface area (Å²) in [5, 5.41) is 11.1. The lowest BCUT2D eigenvalue weighted by atomic mass is 10.1. The van der Waals surface area contributed by atoms with Gasteiger partial charge in [-0.25, -0.2) is 10.1 Å². The summed E-state index contributed by atoms with van der Waals surface area (Å²) in [6, 6.07) is 1.80. The zero-order valence-corrected chi connectivity index (χ0v) is 19.9. The first-order valence-electron chi connectivity index (χ1n) is 11.0. The first kappa shape index (κ1) is 24.1. The van der Waals surface area contributed by atoms with Gasteiger partial charge in [-0.05, 0) is 28.4 Å². The van der Waals surface area contributed by atoms with Gasteiger partial charge in [0.15, 0.2) is 0 Å². The standard InChI is InChI=1S/C22H34BrClN4O/c1-2-3-4-5-6-7-8-9-10-11-12-13-14-25-21-20-17(15-19(23)26-21)18(16-24)27-28-22(20)29/h15H,2-14,16H2,1H3,(H,25,26)(H,28,29). The number of anilines is 1. The molecule has 0 unspecified atom stereocenters. The summed E-state index contributed by atoms with van der Waals surface area (Å²) >= 11 is 9.38. The fraction of sp³-hybridized carbons (Fsp3) is 0.682. The third-order valence-electron chi connectivity index (χ3n) is 5.27. The van der Waals surface area contributed by atoms with Gasteiger partial charge in [-0.2, -0.15) is 5.10 Å². The number of hydrogen-bond acceptors (Lipinski definition) is 4. The van der Waals surface area contributed by atoms with Crippen LogP contribution in [0.1, 0.15) is 89.7 Å². The topological polar surface area (TPSA) is 70.7 Å². The van der Waals surface area contributed by atoms with Crippen molar-refractivity contribution >= 4 is 44.1 Å². The third kappa shape index (κ3) is 8.25. The highest BCUT2D eigenvalue weighted by Gasteiger charge is 2.13. The Kier molecular flexibility index (Phi) is 11.6. The van der Waals surface area contributed by atoms with Crippen LogP contribution in [0.15, 0.2) is 15.5 Å². The van der Waals surface area contributed by atoms with Crippen molar-refractivity contribution in [2.75, 3.05) is 11.9 Å². The van der Waals surface area contributed by atoms with Gasteiger partial charge in [0.05, 0.1) is 17.0 Å². The van der Waals surface area contributed by atoms with Crippen molar-refractivity contribution in [3.05, 3.63) is 26.7 Å². The molecule has 2 heterocycles. The number of nitrogens with zero attached hydrogens (tertiary/aromatic N) is 2. The minimum Gasteiger partial charge on any atom is -0.369 e. The highest BCUT2D eigenvalue weighted by molar-refractivity contribution is 9.10. The summed E-state index contributed by atoms with van der Waals surface area (Å²) in [5.74, 6) is 0.828. The molecule has 2 aromatic heterocycles. The first-order valence-corrected chi connectivity index (χ1v) is 12.4. The van der Waals surface area contributed by atoms with Crippen molar-refractivity contribution in [3.8, 4) is 0 Å². The minimum atomic E-state index is -0.244. The molecule has 0 aliphatic rings. The van der Waals surface area contributed by atoms with E-state index in [4.69, 9.17) is 11.6 Å². The molecule has 0 aliphatic heterocycles. The number of aromatic nitrogens is 3. The number of aromatic amines is 1. The predicted octanol–water partition coefficient (Wildman–Crippen LogP) is 6.93. The van der Waals surface area contributed by atoms with E-state index in [-0.39, 0.29) is 11.4 Å². The maximum atomic E-state index is 12.3. The number of halogens is 2. The van der Waals surface area contributed by atoms with E-state index in [1.54, 1.807) is 6.07 Å². The molecule has 0 saturated carbocycles. The Morgan fingerprint density at radius 3 is 2.17 bits per heavy atom. The summed E-state index contributed by atoms with van der Waals surface area (Å²) in [6.07, 6.45) is 15.9. The van der Waals surface area contributed by atoms with Gasteiger partial charge in [-0.15, -0.1) is 11.6 Å². The number of hydrogen-bond donors (Lipinski definition) is 2. The van der Waals surface area contributed by atoms with E-state index in [0.717, 1.165) is 18.4 Å². The van der Waals surface area contributed by atoms with Crippen LogP contribution in [0.2, 0.25) is 0 Å². The van der Waals surface area contributed by atoms with Crippen LogP contribution in [-0.2, 0) is 5.88 Å². The van der Waals surface area contributed by atoms with E-state index in [0.29, 0.717) is 21.5 Å². The Labute approximate surface area is 187 Å². The number of pyridine rings is 1. The molecular weight excluding hydrogens is 452 g/mol. The van der Waals surface area contributed by atoms with Gasteiger partial charge >= 0.3 is 0 Å². The smallest absolute Gasteiger partial charge is 0.275 e. The molecule has 0 bridgehead atoms. The van der Waals surface area contributed by atoms with Gasteiger partial charge in [0.1, 0.15) is 10.4 Å². The van der Waals surface area contributed by atoms with Crippen molar-refractivity contribution in [3.63, 3.8) is 0 Å². The molecule has 0 fully saturated rings. The molecule has 0 amide bonds. The number of unbranched alkanes of at least 4 members (excludes halogenated alkanes) is 11. The van der Waals surface area contributed by atoms with Crippen molar-refractivity contribution < 1.29 is 0 Å². The average molecular weight is 486 g/mol. The van der Waals surface area contributed by atoms with E-state index >= 15 is 0 Å². The Morgan fingerprint density at radius 1 is 1.00 bits per heavy atom. The fourth-order valence-electron chi connectivity index (χ4n) is 3.61.